The van der Waals surface area contributed by atoms with Gasteiger partial charge in [-0.05, 0) is 6.07 Å². The Morgan fingerprint density at radius 2 is 2.42 bits per heavy atom. The maximum atomic E-state index is 10.4. The molecule has 59 valence electrons. The van der Waals surface area contributed by atoms with Gasteiger partial charge in [0.15, 0.2) is 0 Å². The Morgan fingerprint density at radius 1 is 1.58 bits per heavy atom. The van der Waals surface area contributed by atoms with Crippen molar-refractivity contribution in [2.24, 2.45) is 0 Å². The van der Waals surface area contributed by atoms with Gasteiger partial charge in [0.05, 0.1) is 4.92 Å². The van der Waals surface area contributed by atoms with Crippen molar-refractivity contribution in [2.75, 3.05) is 0 Å². The first-order valence-electron chi connectivity index (χ1n) is 3.19. The summed E-state index contributed by atoms with van der Waals surface area (Å²) in [6.45, 7) is 0. The molecule has 0 spiro atoms. The van der Waals surface area contributed by atoms with Crippen LogP contribution in [0.3, 0.4) is 0 Å². The second kappa shape index (κ2) is 2.30. The molecule has 0 bridgehead atoms. The number of aromatic nitrogens is 1. The van der Waals surface area contributed by atoms with Crippen LogP contribution in [-0.2, 0) is 0 Å². The number of nitrogens with zero attached hydrogens (tertiary/aromatic N) is 2. The van der Waals surface area contributed by atoms with Crippen LogP contribution in [0.1, 0.15) is 0 Å². The summed E-state index contributed by atoms with van der Waals surface area (Å²) in [4.78, 5) is 13.6. The number of hydrogen-bond donors (Lipinski definition) is 0. The molecule has 1 heterocycles. The molecule has 12 heavy (non-hydrogen) atoms. The molecule has 2 aromatic rings. The lowest BCUT2D eigenvalue weighted by atomic mass is 10.3. The Kier molecular flexibility index (Phi) is 1.30. The molecule has 0 aliphatic heterocycles. The summed E-state index contributed by atoms with van der Waals surface area (Å²) in [6, 6.07) is 4.54. The van der Waals surface area contributed by atoms with Crippen LogP contribution < -0.4 is 0 Å². The number of hydrogen-bond acceptors (Lipinski definition) is 4. The molecule has 2 rings (SSSR count). The van der Waals surface area contributed by atoms with E-state index in [0.29, 0.717) is 5.52 Å². The number of benzene rings is 1. The van der Waals surface area contributed by atoms with E-state index in [1.807, 2.05) is 0 Å². The van der Waals surface area contributed by atoms with Crippen LogP contribution in [0.15, 0.2) is 22.6 Å². The molecule has 0 saturated heterocycles. The Hall–Kier alpha value is -1.91. The molecular formula is C7H3N2O3. The minimum atomic E-state index is -0.513. The number of fused-ring (bicyclic) bond motifs is 1. The van der Waals surface area contributed by atoms with Gasteiger partial charge in [-0.2, -0.15) is 0 Å². The molecule has 1 radical (unpaired) electrons. The molecule has 0 saturated carbocycles. The zero-order valence-corrected chi connectivity index (χ0v) is 5.85. The molecule has 0 aliphatic rings. The first-order chi connectivity index (χ1) is 5.79. The van der Waals surface area contributed by atoms with Gasteiger partial charge in [0.1, 0.15) is 5.52 Å². The van der Waals surface area contributed by atoms with E-state index in [4.69, 9.17) is 4.42 Å². The SMILES string of the molecule is O=[N+]([O-])c1cccc2n[c]oc12. The molecule has 0 atom stereocenters. The summed E-state index contributed by atoms with van der Waals surface area (Å²) in [7, 11) is 0. The van der Waals surface area contributed by atoms with Crippen LogP contribution in [0.2, 0.25) is 0 Å². The van der Waals surface area contributed by atoms with E-state index in [2.05, 4.69) is 11.4 Å². The van der Waals surface area contributed by atoms with Gasteiger partial charge < -0.3 is 4.42 Å². The first-order valence-corrected chi connectivity index (χ1v) is 3.19. The minimum absolute atomic E-state index is 0.0822. The average Bonchev–Trinajstić information content (AvgIpc) is 2.49. The van der Waals surface area contributed by atoms with Gasteiger partial charge in [0.2, 0.25) is 5.58 Å². The molecule has 5 heteroatoms. The van der Waals surface area contributed by atoms with Crippen molar-refractivity contribution < 1.29 is 9.34 Å². The van der Waals surface area contributed by atoms with E-state index >= 15 is 0 Å². The van der Waals surface area contributed by atoms with Gasteiger partial charge in [-0.1, -0.05) is 6.07 Å². The third-order valence-corrected chi connectivity index (χ3v) is 1.48. The van der Waals surface area contributed by atoms with Crippen molar-refractivity contribution in [3.05, 3.63) is 34.7 Å². The number of rotatable bonds is 1. The maximum Gasteiger partial charge on any atom is 0.313 e. The van der Waals surface area contributed by atoms with Crippen molar-refractivity contribution in [1.82, 2.24) is 4.98 Å². The molecule has 0 unspecified atom stereocenters. The van der Waals surface area contributed by atoms with Gasteiger partial charge in [-0.25, -0.2) is 4.98 Å². The second-order valence-corrected chi connectivity index (χ2v) is 2.19. The lowest BCUT2D eigenvalue weighted by Crippen LogP contribution is -1.87. The van der Waals surface area contributed by atoms with Gasteiger partial charge in [0.25, 0.3) is 6.39 Å². The Morgan fingerprint density at radius 3 is 3.17 bits per heavy atom. The third-order valence-electron chi connectivity index (χ3n) is 1.48. The van der Waals surface area contributed by atoms with Crippen LogP contribution >= 0.6 is 0 Å². The van der Waals surface area contributed by atoms with E-state index in [0.717, 1.165) is 0 Å². The predicted octanol–water partition coefficient (Wildman–Crippen LogP) is 1.54. The van der Waals surface area contributed by atoms with Crippen LogP contribution in [0.5, 0.6) is 0 Å². The first kappa shape index (κ1) is 6.78. The fraction of sp³-hybridized carbons (Fsp3) is 0. The van der Waals surface area contributed by atoms with Crippen molar-refractivity contribution in [3.63, 3.8) is 0 Å². The monoisotopic (exact) mass is 163 g/mol. The van der Waals surface area contributed by atoms with Crippen molar-refractivity contribution in [1.29, 1.82) is 0 Å². The van der Waals surface area contributed by atoms with E-state index in [1.165, 1.54) is 6.07 Å². The molecule has 1 aromatic heterocycles. The largest absolute Gasteiger partial charge is 0.425 e. The highest BCUT2D eigenvalue weighted by Gasteiger charge is 2.14. The average molecular weight is 163 g/mol. The summed E-state index contributed by atoms with van der Waals surface area (Å²) in [5, 5.41) is 10.4. The smallest absolute Gasteiger partial charge is 0.313 e. The number of nitro benzene ring substituents is 1. The topological polar surface area (TPSA) is 69.2 Å². The Labute approximate surface area is 66.8 Å². The highest BCUT2D eigenvalue weighted by atomic mass is 16.6. The fourth-order valence-corrected chi connectivity index (χ4v) is 0.967. The zero-order valence-electron chi connectivity index (χ0n) is 5.85. The van der Waals surface area contributed by atoms with Crippen LogP contribution in [0.4, 0.5) is 5.69 Å². The second-order valence-electron chi connectivity index (χ2n) is 2.19. The number of oxazole rings is 1. The molecule has 0 fully saturated rings. The van der Waals surface area contributed by atoms with Crippen LogP contribution in [0, 0.1) is 16.5 Å². The predicted molar refractivity (Wildman–Crippen MR) is 39.5 cm³/mol. The van der Waals surface area contributed by atoms with Crippen LogP contribution in [0.25, 0.3) is 11.1 Å². The number of non-ortho nitro benzene ring substituents is 1. The maximum absolute atomic E-state index is 10.4. The quantitative estimate of drug-likeness (QED) is 0.472. The Balaban J connectivity index is 2.82. The van der Waals surface area contributed by atoms with E-state index < -0.39 is 4.92 Å². The van der Waals surface area contributed by atoms with Crippen molar-refractivity contribution in [2.45, 2.75) is 0 Å². The minimum Gasteiger partial charge on any atom is -0.425 e. The molecule has 0 amide bonds. The molecule has 1 aromatic carbocycles. The summed E-state index contributed by atoms with van der Waals surface area (Å²) >= 11 is 0. The highest BCUT2D eigenvalue weighted by molar-refractivity contribution is 5.81. The lowest BCUT2D eigenvalue weighted by Gasteiger charge is -1.88. The third kappa shape index (κ3) is 0.833. The Bertz CT molecular complexity index is 435. The highest BCUT2D eigenvalue weighted by Crippen LogP contribution is 2.23. The molecule has 0 N–H and O–H groups in total. The van der Waals surface area contributed by atoms with E-state index in [9.17, 15) is 10.1 Å². The standard InChI is InChI=1S/C7H3N2O3/c10-9(11)6-3-1-2-5-7(6)12-4-8-5/h1-3H. The normalized spacial score (nSPS) is 10.3. The van der Waals surface area contributed by atoms with E-state index in [-0.39, 0.29) is 11.3 Å². The molecular weight excluding hydrogens is 160 g/mol. The fourth-order valence-electron chi connectivity index (χ4n) is 0.967. The summed E-state index contributed by atoms with van der Waals surface area (Å²) < 4.78 is 4.73. The van der Waals surface area contributed by atoms with Crippen molar-refractivity contribution >= 4 is 16.8 Å². The van der Waals surface area contributed by atoms with Gasteiger partial charge in [0, 0.05) is 6.07 Å². The van der Waals surface area contributed by atoms with E-state index in [1.54, 1.807) is 12.1 Å². The van der Waals surface area contributed by atoms with Crippen molar-refractivity contribution in [3.8, 4) is 0 Å². The summed E-state index contributed by atoms with van der Waals surface area (Å²) in [5.74, 6) is 0. The lowest BCUT2D eigenvalue weighted by molar-refractivity contribution is -0.383. The van der Waals surface area contributed by atoms with Gasteiger partial charge in [-0.15, -0.1) is 0 Å². The number of nitro groups is 1. The molecule has 0 aliphatic carbocycles. The van der Waals surface area contributed by atoms with Crippen LogP contribution in [-0.4, -0.2) is 9.91 Å². The summed E-state index contributed by atoms with van der Waals surface area (Å²) in [6.07, 6.45) is 2.20. The van der Waals surface area contributed by atoms with Gasteiger partial charge in [-0.3, -0.25) is 10.1 Å². The summed E-state index contributed by atoms with van der Waals surface area (Å²) in [5.41, 5.74) is 0.535. The number of para-hydroxylation sites is 1. The molecule has 5 nitrogen and oxygen atoms in total. The zero-order chi connectivity index (χ0) is 8.55. The van der Waals surface area contributed by atoms with Gasteiger partial charge >= 0.3 is 5.69 Å².